The van der Waals surface area contributed by atoms with Gasteiger partial charge in [-0.05, 0) is 49.4 Å². The number of hydrogen-bond acceptors (Lipinski definition) is 5. The van der Waals surface area contributed by atoms with Gasteiger partial charge in [-0.1, -0.05) is 70.2 Å². The van der Waals surface area contributed by atoms with Gasteiger partial charge in [-0.15, -0.1) is 0 Å². The summed E-state index contributed by atoms with van der Waals surface area (Å²) in [7, 11) is 0. The zero-order valence-electron chi connectivity index (χ0n) is 17.6. The molecule has 1 N–H and O–H groups in total. The smallest absolute Gasteiger partial charge is 0.238 e. The van der Waals surface area contributed by atoms with Crippen molar-refractivity contribution >= 4 is 38.7 Å². The van der Waals surface area contributed by atoms with E-state index in [1.165, 1.54) is 11.8 Å². The number of halogens is 1. The Labute approximate surface area is 196 Å². The largest absolute Gasteiger partial charge is 0.372 e. The molecule has 2 aromatic carbocycles. The van der Waals surface area contributed by atoms with E-state index < -0.39 is 4.87 Å². The number of ether oxygens (including phenoxy) is 1. The van der Waals surface area contributed by atoms with Crippen LogP contribution in [0.1, 0.15) is 37.3 Å². The second kappa shape index (κ2) is 9.86. The first-order valence-corrected chi connectivity index (χ1v) is 12.2. The molecule has 0 spiro atoms. The predicted molar refractivity (Wildman–Crippen MR) is 126 cm³/mol. The second-order valence-electron chi connectivity index (χ2n) is 8.20. The van der Waals surface area contributed by atoms with Crippen LogP contribution in [-0.2, 0) is 25.8 Å². The van der Waals surface area contributed by atoms with E-state index in [9.17, 15) is 9.59 Å². The number of hydrogen-bond donors (Lipinski definition) is 1. The van der Waals surface area contributed by atoms with Gasteiger partial charge in [0.1, 0.15) is 4.87 Å². The van der Waals surface area contributed by atoms with Gasteiger partial charge in [0.25, 0.3) is 0 Å². The van der Waals surface area contributed by atoms with Crippen molar-refractivity contribution in [1.82, 2.24) is 10.2 Å². The molecule has 1 amide bonds. The lowest BCUT2D eigenvalue weighted by atomic mass is 10.1. The first-order valence-electron chi connectivity index (χ1n) is 10.6. The molecule has 4 rings (SSSR count). The minimum Gasteiger partial charge on any atom is -0.372 e. The molecule has 2 fully saturated rings. The minimum absolute atomic E-state index is 0.0173. The van der Waals surface area contributed by atoms with Gasteiger partial charge in [-0.25, -0.2) is 0 Å². The number of thioether (sulfide) groups is 1. The molecule has 1 saturated heterocycles. The fraction of sp³-hybridized carbons (Fsp3) is 0.417. The van der Waals surface area contributed by atoms with Gasteiger partial charge in [0.05, 0.1) is 25.8 Å². The summed E-state index contributed by atoms with van der Waals surface area (Å²) in [5, 5.41) is 3.43. The van der Waals surface area contributed by atoms with Gasteiger partial charge >= 0.3 is 0 Å². The fourth-order valence-corrected chi connectivity index (χ4v) is 5.77. The summed E-state index contributed by atoms with van der Waals surface area (Å²) >= 11 is 4.67. The van der Waals surface area contributed by atoms with Crippen molar-refractivity contribution in [3.05, 3.63) is 70.2 Å². The van der Waals surface area contributed by atoms with Crippen molar-refractivity contribution < 1.29 is 14.3 Å². The monoisotopic (exact) mass is 502 g/mol. The molecule has 7 heteroatoms. The van der Waals surface area contributed by atoms with Crippen LogP contribution in [0.25, 0.3) is 0 Å². The highest BCUT2D eigenvalue weighted by Gasteiger charge is 2.46. The highest BCUT2D eigenvalue weighted by Crippen LogP contribution is 2.45. The Balaban J connectivity index is 1.36. The minimum atomic E-state index is -0.685. The van der Waals surface area contributed by atoms with Gasteiger partial charge in [0, 0.05) is 10.5 Å². The summed E-state index contributed by atoms with van der Waals surface area (Å²) in [6.07, 6.45) is 3.16. The first-order chi connectivity index (χ1) is 15.0. The third kappa shape index (κ3) is 5.22. The maximum absolute atomic E-state index is 13.1. The average molecular weight is 503 g/mol. The molecule has 0 bridgehead atoms. The van der Waals surface area contributed by atoms with Crippen molar-refractivity contribution in [3.8, 4) is 0 Å². The van der Waals surface area contributed by atoms with E-state index in [-0.39, 0.29) is 36.3 Å². The molecular formula is C24H27BrN2O3S. The van der Waals surface area contributed by atoms with Crippen LogP contribution in [-0.4, -0.2) is 41.2 Å². The molecule has 31 heavy (non-hydrogen) atoms. The molecule has 2 aromatic rings. The Bertz CT molecular complexity index is 924. The van der Waals surface area contributed by atoms with Crippen LogP contribution in [0.4, 0.5) is 0 Å². The van der Waals surface area contributed by atoms with Crippen LogP contribution in [0.3, 0.4) is 0 Å². The normalized spacial score (nSPS) is 25.9. The molecule has 1 unspecified atom stereocenters. The SMILES string of the molecule is CC1(c2ccc(Br)cc2)SC(=O)CN1C(=O)CN[C@H]1CCC[C@@H]1OCc1ccccc1. The van der Waals surface area contributed by atoms with Gasteiger partial charge in [0.2, 0.25) is 11.0 Å². The molecule has 0 aromatic heterocycles. The third-order valence-electron chi connectivity index (χ3n) is 6.07. The maximum Gasteiger partial charge on any atom is 0.238 e. The molecule has 1 aliphatic heterocycles. The number of nitrogens with zero attached hydrogens (tertiary/aromatic N) is 1. The van der Waals surface area contributed by atoms with Crippen LogP contribution in [0.5, 0.6) is 0 Å². The van der Waals surface area contributed by atoms with E-state index in [1.54, 1.807) is 4.90 Å². The van der Waals surface area contributed by atoms with Crippen LogP contribution in [0.15, 0.2) is 59.1 Å². The number of benzene rings is 2. The lowest BCUT2D eigenvalue weighted by Gasteiger charge is -2.34. The highest BCUT2D eigenvalue weighted by atomic mass is 79.9. The van der Waals surface area contributed by atoms with Crippen LogP contribution >= 0.6 is 27.7 Å². The van der Waals surface area contributed by atoms with Crippen LogP contribution < -0.4 is 5.32 Å². The molecule has 5 nitrogen and oxygen atoms in total. The Hall–Kier alpha value is -1.67. The maximum atomic E-state index is 13.1. The molecular weight excluding hydrogens is 476 g/mol. The number of carbonyl (C=O) groups excluding carboxylic acids is 2. The number of nitrogens with one attached hydrogen (secondary N) is 1. The van der Waals surface area contributed by atoms with E-state index in [0.717, 1.165) is 34.9 Å². The van der Waals surface area contributed by atoms with Crippen molar-refractivity contribution in [2.24, 2.45) is 0 Å². The summed E-state index contributed by atoms with van der Waals surface area (Å²) in [6, 6.07) is 18.1. The van der Waals surface area contributed by atoms with Crippen LogP contribution in [0, 0.1) is 0 Å². The lowest BCUT2D eigenvalue weighted by Crippen LogP contribution is -2.48. The van der Waals surface area contributed by atoms with E-state index in [4.69, 9.17) is 4.74 Å². The zero-order chi connectivity index (χ0) is 21.8. The van der Waals surface area contributed by atoms with Crippen LogP contribution in [0.2, 0.25) is 0 Å². The predicted octanol–water partition coefficient (Wildman–Crippen LogP) is 4.45. The lowest BCUT2D eigenvalue weighted by molar-refractivity contribution is -0.134. The second-order valence-corrected chi connectivity index (χ2v) is 10.6. The standard InChI is InChI=1S/C24H27BrN2O3S/c1-24(18-10-12-19(25)13-11-18)27(15-23(29)31-24)22(28)14-26-20-8-5-9-21(20)30-16-17-6-3-2-4-7-17/h2-4,6-7,10-13,20-21,26H,5,8-9,14-16H2,1H3/t20-,21-,24?/m0/s1. The van der Waals surface area contributed by atoms with E-state index in [0.29, 0.717) is 6.61 Å². The third-order valence-corrected chi connectivity index (χ3v) is 7.81. The molecule has 1 heterocycles. The van der Waals surface area contributed by atoms with E-state index in [2.05, 4.69) is 33.4 Å². The van der Waals surface area contributed by atoms with Gasteiger partial charge in [0.15, 0.2) is 0 Å². The van der Waals surface area contributed by atoms with Crippen molar-refractivity contribution in [2.75, 3.05) is 13.1 Å². The molecule has 1 aliphatic carbocycles. The summed E-state index contributed by atoms with van der Waals surface area (Å²) in [4.78, 5) is 26.4. The van der Waals surface area contributed by atoms with Crippen molar-refractivity contribution in [1.29, 1.82) is 0 Å². The quantitative estimate of drug-likeness (QED) is 0.605. The Kier molecular flexibility index (Phi) is 7.16. The van der Waals surface area contributed by atoms with E-state index in [1.807, 2.05) is 49.4 Å². The average Bonchev–Trinajstić information content (AvgIpc) is 3.35. The Morgan fingerprint density at radius 2 is 1.94 bits per heavy atom. The summed E-state index contributed by atoms with van der Waals surface area (Å²) in [6.45, 7) is 2.87. The van der Waals surface area contributed by atoms with E-state index >= 15 is 0 Å². The first kappa shape index (κ1) is 22.5. The molecule has 3 atom stereocenters. The Morgan fingerprint density at radius 3 is 2.68 bits per heavy atom. The van der Waals surface area contributed by atoms with Gasteiger partial charge in [-0.3, -0.25) is 9.59 Å². The molecule has 164 valence electrons. The zero-order valence-corrected chi connectivity index (χ0v) is 20.0. The summed E-state index contributed by atoms with van der Waals surface area (Å²) in [5.41, 5.74) is 2.10. The van der Waals surface area contributed by atoms with Gasteiger partial charge in [-0.2, -0.15) is 0 Å². The topological polar surface area (TPSA) is 58.6 Å². The van der Waals surface area contributed by atoms with Crippen molar-refractivity contribution in [2.45, 2.75) is 49.8 Å². The summed E-state index contributed by atoms with van der Waals surface area (Å²) in [5.74, 6) is -0.0579. The molecule has 1 saturated carbocycles. The number of amides is 1. The fourth-order valence-electron chi connectivity index (χ4n) is 4.34. The van der Waals surface area contributed by atoms with Gasteiger partial charge < -0.3 is 15.0 Å². The number of carbonyl (C=O) groups is 2. The van der Waals surface area contributed by atoms with Crippen molar-refractivity contribution in [3.63, 3.8) is 0 Å². The summed E-state index contributed by atoms with van der Waals surface area (Å²) < 4.78 is 7.12. The Morgan fingerprint density at radius 1 is 1.19 bits per heavy atom. The highest BCUT2D eigenvalue weighted by molar-refractivity contribution is 9.10. The molecule has 0 radical (unpaired) electrons. The number of rotatable bonds is 7. The molecule has 2 aliphatic rings.